The molecule has 0 spiro atoms. The van der Waals surface area contributed by atoms with E-state index in [1.165, 1.54) is 0 Å². The molecule has 5 nitrogen and oxygen atoms in total. The van der Waals surface area contributed by atoms with Crippen LogP contribution in [-0.2, 0) is 9.53 Å². The van der Waals surface area contributed by atoms with Gasteiger partial charge in [-0.15, -0.1) is 0 Å². The van der Waals surface area contributed by atoms with Gasteiger partial charge in [0.15, 0.2) is 0 Å². The van der Waals surface area contributed by atoms with Gasteiger partial charge in [0.25, 0.3) is 0 Å². The summed E-state index contributed by atoms with van der Waals surface area (Å²) in [6.45, 7) is 4.44. The lowest BCUT2D eigenvalue weighted by atomic mass is 10.3. The van der Waals surface area contributed by atoms with Crippen molar-refractivity contribution < 1.29 is 9.53 Å². The molecule has 0 aliphatic carbocycles. The molecule has 0 aliphatic rings. The topological polar surface area (TPSA) is 58.8 Å². The van der Waals surface area contributed by atoms with Gasteiger partial charge in [0, 0.05) is 26.7 Å². The van der Waals surface area contributed by atoms with Crippen LogP contribution in [0.15, 0.2) is 0 Å². The van der Waals surface area contributed by atoms with Crippen LogP contribution >= 0.6 is 0 Å². The number of rotatable bonds is 8. The van der Waals surface area contributed by atoms with Gasteiger partial charge in [0.1, 0.15) is 0 Å². The van der Waals surface area contributed by atoms with Crippen LogP contribution in [0.1, 0.15) is 13.3 Å². The summed E-state index contributed by atoms with van der Waals surface area (Å²) in [6.07, 6.45) is 0.847. The summed E-state index contributed by atoms with van der Waals surface area (Å²) in [6, 6.07) is 0.247. The molecule has 1 amide bonds. The molecule has 0 heterocycles. The van der Waals surface area contributed by atoms with Gasteiger partial charge >= 0.3 is 0 Å². The average Bonchev–Trinajstić information content (AvgIpc) is 2.25. The normalized spacial score (nSPS) is 12.9. The van der Waals surface area contributed by atoms with Gasteiger partial charge in [-0.05, 0) is 26.9 Å². The molecule has 0 aromatic rings. The molecule has 0 bridgehead atoms. The van der Waals surface area contributed by atoms with Crippen molar-refractivity contribution in [2.45, 2.75) is 19.4 Å². The molecule has 0 saturated carbocycles. The molecule has 2 N–H and O–H groups in total. The second kappa shape index (κ2) is 8.50. The van der Waals surface area contributed by atoms with Gasteiger partial charge in [0.05, 0.1) is 13.2 Å². The van der Waals surface area contributed by atoms with Crippen molar-refractivity contribution >= 4 is 5.91 Å². The number of nitrogens with zero attached hydrogens (tertiary/aromatic N) is 2. The molecule has 1 atom stereocenters. The van der Waals surface area contributed by atoms with Gasteiger partial charge in [-0.3, -0.25) is 9.69 Å². The number of hydrogen-bond acceptors (Lipinski definition) is 4. The van der Waals surface area contributed by atoms with Crippen LogP contribution in [0.5, 0.6) is 0 Å². The molecule has 1 unspecified atom stereocenters. The highest BCUT2D eigenvalue weighted by Gasteiger charge is 2.15. The standard InChI is InChI=1S/C11H25N3O2/c1-10(9-16-4)14(3)8-11(15)13(2)7-5-6-12/h10H,5-9,12H2,1-4H3. The lowest BCUT2D eigenvalue weighted by Crippen LogP contribution is -2.42. The fourth-order valence-electron chi connectivity index (χ4n) is 1.31. The Morgan fingerprint density at radius 1 is 1.44 bits per heavy atom. The highest BCUT2D eigenvalue weighted by molar-refractivity contribution is 5.77. The van der Waals surface area contributed by atoms with Crippen molar-refractivity contribution in [3.05, 3.63) is 0 Å². The molecule has 0 aromatic heterocycles. The Morgan fingerprint density at radius 3 is 2.56 bits per heavy atom. The first-order chi connectivity index (χ1) is 7.52. The van der Waals surface area contributed by atoms with Crippen molar-refractivity contribution in [1.29, 1.82) is 0 Å². The molecule has 0 fully saturated rings. The van der Waals surface area contributed by atoms with E-state index in [0.717, 1.165) is 13.0 Å². The van der Waals surface area contributed by atoms with E-state index in [1.807, 2.05) is 25.9 Å². The molecule has 0 saturated heterocycles. The fourth-order valence-corrected chi connectivity index (χ4v) is 1.31. The first-order valence-electron chi connectivity index (χ1n) is 5.66. The van der Waals surface area contributed by atoms with Crippen LogP contribution in [0.4, 0.5) is 0 Å². The summed E-state index contributed by atoms with van der Waals surface area (Å²) in [4.78, 5) is 15.5. The van der Waals surface area contributed by atoms with Crippen LogP contribution in [0.25, 0.3) is 0 Å². The zero-order chi connectivity index (χ0) is 12.6. The molecular weight excluding hydrogens is 206 g/mol. The highest BCUT2D eigenvalue weighted by atomic mass is 16.5. The second-order valence-corrected chi connectivity index (χ2v) is 4.18. The van der Waals surface area contributed by atoms with Crippen molar-refractivity contribution in [3.63, 3.8) is 0 Å². The Morgan fingerprint density at radius 2 is 2.06 bits per heavy atom. The summed E-state index contributed by atoms with van der Waals surface area (Å²) in [5.41, 5.74) is 5.40. The minimum absolute atomic E-state index is 0.124. The van der Waals surface area contributed by atoms with Crippen LogP contribution in [0.3, 0.4) is 0 Å². The summed E-state index contributed by atoms with van der Waals surface area (Å²) < 4.78 is 5.05. The molecular formula is C11H25N3O2. The quantitative estimate of drug-likeness (QED) is 0.626. The summed E-state index contributed by atoms with van der Waals surface area (Å²) in [5, 5.41) is 0. The maximum Gasteiger partial charge on any atom is 0.236 e. The van der Waals surface area contributed by atoms with E-state index in [2.05, 4.69) is 0 Å². The molecule has 0 radical (unpaired) electrons. The molecule has 96 valence electrons. The van der Waals surface area contributed by atoms with Gasteiger partial charge < -0.3 is 15.4 Å². The van der Waals surface area contributed by atoms with Gasteiger partial charge in [-0.2, -0.15) is 0 Å². The molecule has 0 aliphatic heterocycles. The molecule has 0 aromatic carbocycles. The zero-order valence-corrected chi connectivity index (χ0v) is 10.9. The molecule has 16 heavy (non-hydrogen) atoms. The number of methoxy groups -OCH3 is 1. The van der Waals surface area contributed by atoms with E-state index in [1.54, 1.807) is 12.0 Å². The third-order valence-corrected chi connectivity index (χ3v) is 2.67. The molecule has 5 heteroatoms. The fraction of sp³-hybridized carbons (Fsp3) is 0.909. The number of hydrogen-bond donors (Lipinski definition) is 1. The first kappa shape index (κ1) is 15.3. The zero-order valence-electron chi connectivity index (χ0n) is 10.9. The van der Waals surface area contributed by atoms with Crippen LogP contribution < -0.4 is 5.73 Å². The van der Waals surface area contributed by atoms with Gasteiger partial charge in [0.2, 0.25) is 5.91 Å². The number of amides is 1. The largest absolute Gasteiger partial charge is 0.383 e. The number of ether oxygens (including phenoxy) is 1. The van der Waals surface area contributed by atoms with Crippen molar-refractivity contribution in [1.82, 2.24) is 9.80 Å². The highest BCUT2D eigenvalue weighted by Crippen LogP contribution is 1.98. The number of nitrogens with two attached hydrogens (primary N) is 1. The van der Waals surface area contributed by atoms with E-state index >= 15 is 0 Å². The first-order valence-corrected chi connectivity index (χ1v) is 5.66. The minimum atomic E-state index is 0.124. The maximum atomic E-state index is 11.8. The smallest absolute Gasteiger partial charge is 0.236 e. The Kier molecular flexibility index (Phi) is 8.15. The second-order valence-electron chi connectivity index (χ2n) is 4.18. The Labute approximate surface area is 98.5 Å². The Balaban J connectivity index is 3.92. The van der Waals surface area contributed by atoms with Crippen molar-refractivity contribution in [2.24, 2.45) is 5.73 Å². The Bertz CT molecular complexity index is 200. The van der Waals surface area contributed by atoms with Crippen LogP contribution in [0, 0.1) is 0 Å². The van der Waals surface area contributed by atoms with Gasteiger partial charge in [-0.25, -0.2) is 0 Å². The SMILES string of the molecule is COCC(C)N(C)CC(=O)N(C)CCCN. The van der Waals surface area contributed by atoms with Crippen LogP contribution in [-0.4, -0.2) is 69.2 Å². The number of carbonyl (C=O) groups excluding carboxylic acids is 1. The van der Waals surface area contributed by atoms with E-state index in [0.29, 0.717) is 19.7 Å². The minimum Gasteiger partial charge on any atom is -0.383 e. The summed E-state index contributed by atoms with van der Waals surface area (Å²) in [5.74, 6) is 0.124. The summed E-state index contributed by atoms with van der Waals surface area (Å²) >= 11 is 0. The third kappa shape index (κ3) is 6.05. The molecule has 0 rings (SSSR count). The average molecular weight is 231 g/mol. The lowest BCUT2D eigenvalue weighted by molar-refractivity contribution is -0.131. The summed E-state index contributed by atoms with van der Waals surface area (Å²) in [7, 11) is 5.41. The van der Waals surface area contributed by atoms with Crippen molar-refractivity contribution in [3.8, 4) is 0 Å². The predicted molar refractivity (Wildman–Crippen MR) is 65.3 cm³/mol. The van der Waals surface area contributed by atoms with Gasteiger partial charge in [-0.1, -0.05) is 0 Å². The number of likely N-dealkylation sites (N-methyl/N-ethyl adjacent to an activating group) is 2. The third-order valence-electron chi connectivity index (χ3n) is 2.67. The predicted octanol–water partition coefficient (Wildman–Crippen LogP) is -0.240. The van der Waals surface area contributed by atoms with Crippen molar-refractivity contribution in [2.75, 3.05) is 47.4 Å². The van der Waals surface area contributed by atoms with E-state index < -0.39 is 0 Å². The van der Waals surface area contributed by atoms with E-state index in [-0.39, 0.29) is 11.9 Å². The van der Waals surface area contributed by atoms with Crippen LogP contribution in [0.2, 0.25) is 0 Å². The lowest BCUT2D eigenvalue weighted by Gasteiger charge is -2.26. The Hall–Kier alpha value is -0.650. The monoisotopic (exact) mass is 231 g/mol. The number of carbonyl (C=O) groups is 1. The maximum absolute atomic E-state index is 11.8. The van der Waals surface area contributed by atoms with E-state index in [4.69, 9.17) is 10.5 Å². The van der Waals surface area contributed by atoms with E-state index in [9.17, 15) is 4.79 Å².